The average Bonchev–Trinajstić information content (AvgIpc) is 3.24. The van der Waals surface area contributed by atoms with Crippen LogP contribution in [0.5, 0.6) is 11.5 Å². The molecule has 5 rings (SSSR count). The van der Waals surface area contributed by atoms with E-state index in [2.05, 4.69) is 37.3 Å². The molecule has 0 amide bonds. The van der Waals surface area contributed by atoms with Crippen molar-refractivity contribution in [1.29, 1.82) is 0 Å². The molecule has 2 aliphatic rings. The van der Waals surface area contributed by atoms with Crippen LogP contribution in [0.3, 0.4) is 0 Å². The van der Waals surface area contributed by atoms with Crippen molar-refractivity contribution >= 4 is 5.78 Å². The van der Waals surface area contributed by atoms with Gasteiger partial charge in [0.2, 0.25) is 0 Å². The molecule has 0 N–H and O–H groups in total. The highest BCUT2D eigenvalue weighted by Gasteiger charge is 2.26. The molecule has 37 heavy (non-hydrogen) atoms. The Balaban J connectivity index is 0.000000207. The van der Waals surface area contributed by atoms with Crippen molar-refractivity contribution in [2.75, 3.05) is 7.11 Å². The van der Waals surface area contributed by atoms with E-state index in [0.29, 0.717) is 12.4 Å². The van der Waals surface area contributed by atoms with Crippen LogP contribution in [0.25, 0.3) is 0 Å². The summed E-state index contributed by atoms with van der Waals surface area (Å²) in [6.45, 7) is 2.63. The van der Waals surface area contributed by atoms with Gasteiger partial charge < -0.3 is 9.47 Å². The number of aryl methyl sites for hydroxylation is 1. The van der Waals surface area contributed by atoms with Gasteiger partial charge in [0.1, 0.15) is 18.1 Å². The first-order valence-corrected chi connectivity index (χ1v) is 14.2. The van der Waals surface area contributed by atoms with E-state index in [1.807, 2.05) is 42.5 Å². The van der Waals surface area contributed by atoms with Crippen molar-refractivity contribution in [1.82, 2.24) is 0 Å². The molecule has 0 aliphatic heterocycles. The Labute approximate surface area is 223 Å². The van der Waals surface area contributed by atoms with Crippen molar-refractivity contribution in [3.63, 3.8) is 0 Å². The monoisotopic (exact) mass is 498 g/mol. The van der Waals surface area contributed by atoms with Gasteiger partial charge in [0.15, 0.2) is 5.78 Å². The van der Waals surface area contributed by atoms with E-state index in [1.54, 1.807) is 12.7 Å². The number of carbonyl (C=O) groups excluding carboxylic acids is 1. The molecule has 0 radical (unpaired) electrons. The van der Waals surface area contributed by atoms with E-state index in [1.165, 1.54) is 38.5 Å². The number of methoxy groups -OCH3 is 1. The van der Waals surface area contributed by atoms with Gasteiger partial charge in [0.05, 0.1) is 7.11 Å². The Hall–Kier alpha value is -3.07. The molecule has 0 bridgehead atoms. The number of hydrogen-bond donors (Lipinski definition) is 0. The molecule has 2 aliphatic carbocycles. The summed E-state index contributed by atoms with van der Waals surface area (Å²) in [7, 11) is 1.66. The van der Waals surface area contributed by atoms with E-state index in [-0.39, 0.29) is 5.92 Å². The summed E-state index contributed by atoms with van der Waals surface area (Å²) >= 11 is 0. The topological polar surface area (TPSA) is 35.5 Å². The summed E-state index contributed by atoms with van der Waals surface area (Å²) in [5.41, 5.74) is 4.62. The molecule has 0 aromatic heterocycles. The Morgan fingerprint density at radius 1 is 0.811 bits per heavy atom. The Morgan fingerprint density at radius 3 is 2.32 bits per heavy atom. The molecule has 1 saturated carbocycles. The molecular weight excluding hydrogens is 456 g/mol. The van der Waals surface area contributed by atoms with Crippen molar-refractivity contribution < 1.29 is 14.3 Å². The van der Waals surface area contributed by atoms with Crippen LogP contribution in [0.2, 0.25) is 0 Å². The maximum Gasteiger partial charge on any atom is 0.166 e. The third kappa shape index (κ3) is 7.71. The smallest absolute Gasteiger partial charge is 0.166 e. The van der Waals surface area contributed by atoms with Gasteiger partial charge in [-0.2, -0.15) is 0 Å². The minimum Gasteiger partial charge on any atom is -0.497 e. The van der Waals surface area contributed by atoms with Crippen molar-refractivity contribution in [3.8, 4) is 11.5 Å². The largest absolute Gasteiger partial charge is 0.497 e. The van der Waals surface area contributed by atoms with E-state index in [9.17, 15) is 4.79 Å². The van der Waals surface area contributed by atoms with Gasteiger partial charge >= 0.3 is 0 Å². The lowest BCUT2D eigenvalue weighted by Gasteiger charge is -2.23. The minimum absolute atomic E-state index is 0.200. The predicted molar refractivity (Wildman–Crippen MR) is 152 cm³/mol. The molecule has 1 unspecified atom stereocenters. The van der Waals surface area contributed by atoms with Crippen LogP contribution < -0.4 is 9.47 Å². The zero-order chi connectivity index (χ0) is 25.9. The number of rotatable bonds is 7. The quantitative estimate of drug-likeness (QED) is 0.305. The van der Waals surface area contributed by atoms with Crippen molar-refractivity contribution in [3.05, 3.63) is 95.1 Å². The van der Waals surface area contributed by atoms with E-state index < -0.39 is 0 Å². The van der Waals surface area contributed by atoms with E-state index in [4.69, 9.17) is 9.47 Å². The van der Waals surface area contributed by atoms with Crippen molar-refractivity contribution in [2.45, 2.75) is 83.7 Å². The molecule has 3 heteroatoms. The molecule has 3 aromatic carbocycles. The number of ether oxygens (including phenoxy) is 2. The third-order valence-corrected chi connectivity index (χ3v) is 7.78. The first-order chi connectivity index (χ1) is 18.2. The maximum atomic E-state index is 12.5. The van der Waals surface area contributed by atoms with Gasteiger partial charge in [-0.3, -0.25) is 4.79 Å². The summed E-state index contributed by atoms with van der Waals surface area (Å²) in [5, 5.41) is 0. The Kier molecular flexibility index (Phi) is 10.2. The van der Waals surface area contributed by atoms with Crippen LogP contribution in [0.4, 0.5) is 0 Å². The molecule has 3 nitrogen and oxygen atoms in total. The Morgan fingerprint density at radius 2 is 1.59 bits per heavy atom. The fourth-order valence-electron chi connectivity index (χ4n) is 5.68. The fraction of sp³-hybridized carbons (Fsp3) is 0.441. The molecule has 1 fully saturated rings. The van der Waals surface area contributed by atoms with Gasteiger partial charge in [-0.25, -0.2) is 0 Å². The lowest BCUT2D eigenvalue weighted by molar-refractivity contribution is 0.0894. The van der Waals surface area contributed by atoms with Gasteiger partial charge in [-0.05, 0) is 85.0 Å². The average molecular weight is 499 g/mol. The van der Waals surface area contributed by atoms with Crippen LogP contribution in [-0.2, 0) is 13.0 Å². The predicted octanol–water partition coefficient (Wildman–Crippen LogP) is 8.94. The molecule has 3 aromatic rings. The van der Waals surface area contributed by atoms with Gasteiger partial charge in [-0.1, -0.05) is 81.5 Å². The highest BCUT2D eigenvalue weighted by molar-refractivity contribution is 6.00. The van der Waals surface area contributed by atoms with Crippen molar-refractivity contribution in [2.24, 2.45) is 5.92 Å². The lowest BCUT2D eigenvalue weighted by atomic mass is 9.80. The van der Waals surface area contributed by atoms with E-state index in [0.717, 1.165) is 59.8 Å². The normalized spacial score (nSPS) is 17.7. The number of benzene rings is 3. The Bertz CT molecular complexity index is 1110. The standard InChI is InChI=1S/C21H24O3.C13H18/c1-3-5-16-8-9-17-13-19(10-11-20(17)21(16)22)24-14-15-6-4-7-18(12-15)23-2;1-2-5-9-12(8-4-1)13-10-6-3-7-11-13/h4,6-7,10-13,16H,3,5,8-9,14H2,1-2H3;3,6-7,10-12H,1-2,4-5,8-9H2. The van der Waals surface area contributed by atoms with Gasteiger partial charge in [-0.15, -0.1) is 0 Å². The van der Waals surface area contributed by atoms with Gasteiger partial charge in [0, 0.05) is 11.5 Å². The van der Waals surface area contributed by atoms with E-state index >= 15 is 0 Å². The van der Waals surface area contributed by atoms with Crippen LogP contribution in [0.15, 0.2) is 72.8 Å². The summed E-state index contributed by atoms with van der Waals surface area (Å²) in [4.78, 5) is 12.5. The maximum absolute atomic E-state index is 12.5. The zero-order valence-corrected chi connectivity index (χ0v) is 22.6. The minimum atomic E-state index is 0.200. The second-order valence-electron chi connectivity index (χ2n) is 10.4. The molecule has 0 spiro atoms. The van der Waals surface area contributed by atoms with Gasteiger partial charge in [0.25, 0.3) is 0 Å². The number of carbonyl (C=O) groups is 1. The molecule has 196 valence electrons. The second-order valence-corrected chi connectivity index (χ2v) is 10.4. The highest BCUT2D eigenvalue weighted by Crippen LogP contribution is 2.32. The number of ketones is 1. The molecular formula is C34H42O3. The third-order valence-electron chi connectivity index (χ3n) is 7.78. The molecule has 1 atom stereocenters. The number of hydrogen-bond acceptors (Lipinski definition) is 3. The van der Waals surface area contributed by atoms with Crippen LogP contribution in [0.1, 0.15) is 97.7 Å². The zero-order valence-electron chi connectivity index (χ0n) is 22.6. The van der Waals surface area contributed by atoms with Crippen LogP contribution >= 0.6 is 0 Å². The second kappa shape index (κ2) is 14.0. The summed E-state index contributed by atoms with van der Waals surface area (Å²) in [6.07, 6.45) is 12.5. The summed E-state index contributed by atoms with van der Waals surface area (Å²) in [5.74, 6) is 3.00. The number of Topliss-reactive ketones (excluding diaryl/α,β-unsaturated/α-hetero) is 1. The lowest BCUT2D eigenvalue weighted by Crippen LogP contribution is -2.22. The van der Waals surface area contributed by atoms with Crippen LogP contribution in [-0.4, -0.2) is 12.9 Å². The first-order valence-electron chi connectivity index (χ1n) is 14.2. The number of fused-ring (bicyclic) bond motifs is 1. The van der Waals surface area contributed by atoms with Crippen LogP contribution in [0, 0.1) is 5.92 Å². The highest BCUT2D eigenvalue weighted by atomic mass is 16.5. The SMILES string of the molecule is CCCC1CCc2cc(OCc3cccc(OC)c3)ccc2C1=O.c1ccc(C2CCCCCC2)cc1. The summed E-state index contributed by atoms with van der Waals surface area (Å²) in [6, 6.07) is 24.7. The first kappa shape index (κ1) is 27.0. The summed E-state index contributed by atoms with van der Waals surface area (Å²) < 4.78 is 11.1. The molecule has 0 heterocycles. The molecule has 0 saturated heterocycles. The fourth-order valence-corrected chi connectivity index (χ4v) is 5.68.